The van der Waals surface area contributed by atoms with Gasteiger partial charge in [-0.25, -0.2) is 0 Å². The Balaban J connectivity index is 1.96. The number of rotatable bonds is 4. The number of nitro groups is 1. The van der Waals surface area contributed by atoms with Crippen molar-refractivity contribution in [3.8, 4) is 0 Å². The van der Waals surface area contributed by atoms with Crippen LogP contribution in [0.2, 0.25) is 0 Å². The number of hydrogen-bond acceptors (Lipinski definition) is 3. The molecule has 2 rings (SSSR count). The minimum absolute atomic E-state index is 0.162. The quantitative estimate of drug-likeness (QED) is 0.559. The van der Waals surface area contributed by atoms with Crippen molar-refractivity contribution in [1.29, 1.82) is 0 Å². The van der Waals surface area contributed by atoms with E-state index in [1.807, 2.05) is 17.8 Å². The van der Waals surface area contributed by atoms with Crippen molar-refractivity contribution in [1.82, 2.24) is 0 Å². The Kier molecular flexibility index (Phi) is 5.28. The van der Waals surface area contributed by atoms with E-state index < -0.39 is 0 Å². The van der Waals surface area contributed by atoms with Gasteiger partial charge in [0.25, 0.3) is 5.69 Å². The molecule has 3 nitrogen and oxygen atoms in total. The molecule has 1 aliphatic rings. The van der Waals surface area contributed by atoms with Crippen molar-refractivity contribution in [2.75, 3.05) is 0 Å². The van der Waals surface area contributed by atoms with Crippen LogP contribution in [0.5, 0.6) is 0 Å². The Bertz CT molecular complexity index is 467. The zero-order valence-corrected chi connectivity index (χ0v) is 13.4. The van der Waals surface area contributed by atoms with E-state index in [9.17, 15) is 10.1 Å². The second-order valence-corrected chi connectivity index (χ2v) is 7.39. The second kappa shape index (κ2) is 6.75. The van der Waals surface area contributed by atoms with Crippen molar-refractivity contribution in [3.05, 3.63) is 38.3 Å². The maximum atomic E-state index is 10.9. The van der Waals surface area contributed by atoms with Crippen LogP contribution in [0.25, 0.3) is 0 Å². The van der Waals surface area contributed by atoms with Crippen LogP contribution in [-0.4, -0.2) is 10.2 Å². The third-order valence-electron chi connectivity index (χ3n) is 3.58. The number of thioether (sulfide) groups is 1. The van der Waals surface area contributed by atoms with Crippen molar-refractivity contribution in [2.24, 2.45) is 5.92 Å². The summed E-state index contributed by atoms with van der Waals surface area (Å²) in [6.45, 7) is 2.32. The smallest absolute Gasteiger partial charge is 0.258 e. The molecule has 0 N–H and O–H groups in total. The van der Waals surface area contributed by atoms with E-state index in [-0.39, 0.29) is 10.6 Å². The van der Waals surface area contributed by atoms with Gasteiger partial charge in [-0.05, 0) is 46.3 Å². The third-order valence-corrected chi connectivity index (χ3v) is 5.65. The predicted octanol–water partition coefficient (Wildman–Crippen LogP) is 5.17. The molecule has 1 saturated carbocycles. The van der Waals surface area contributed by atoms with Gasteiger partial charge in [0.05, 0.1) is 9.40 Å². The molecule has 0 aliphatic heterocycles. The number of hydrogen-bond donors (Lipinski definition) is 0. The molecule has 1 aliphatic carbocycles. The molecule has 19 heavy (non-hydrogen) atoms. The predicted molar refractivity (Wildman–Crippen MR) is 83.5 cm³/mol. The number of nitro benzene ring substituents is 1. The van der Waals surface area contributed by atoms with E-state index in [1.165, 1.54) is 25.7 Å². The van der Waals surface area contributed by atoms with E-state index in [1.54, 1.807) is 12.1 Å². The van der Waals surface area contributed by atoms with Crippen LogP contribution in [0.4, 0.5) is 5.69 Å². The minimum atomic E-state index is -0.332. The normalized spacial score (nSPS) is 23.3. The van der Waals surface area contributed by atoms with Crippen LogP contribution in [0.1, 0.15) is 38.2 Å². The molecule has 0 saturated heterocycles. The lowest BCUT2D eigenvalue weighted by Gasteiger charge is -2.26. The lowest BCUT2D eigenvalue weighted by atomic mass is 9.91. The molecule has 1 aromatic rings. The van der Waals surface area contributed by atoms with Gasteiger partial charge in [-0.3, -0.25) is 10.1 Å². The zero-order chi connectivity index (χ0) is 13.8. The van der Waals surface area contributed by atoms with Gasteiger partial charge in [-0.2, -0.15) is 11.8 Å². The molecule has 0 heterocycles. The van der Waals surface area contributed by atoms with Crippen molar-refractivity contribution >= 4 is 33.4 Å². The molecular formula is C14H18BrNO2S. The Morgan fingerprint density at radius 2 is 2.26 bits per heavy atom. The second-order valence-electron chi connectivity index (χ2n) is 5.25. The molecule has 0 spiro atoms. The van der Waals surface area contributed by atoms with Crippen LogP contribution in [-0.2, 0) is 5.75 Å². The van der Waals surface area contributed by atoms with E-state index in [2.05, 4.69) is 22.9 Å². The van der Waals surface area contributed by atoms with Crippen LogP contribution >= 0.6 is 27.7 Å². The fourth-order valence-corrected chi connectivity index (χ4v) is 4.33. The van der Waals surface area contributed by atoms with Crippen molar-refractivity contribution < 1.29 is 4.92 Å². The van der Waals surface area contributed by atoms with E-state index in [0.29, 0.717) is 9.72 Å². The van der Waals surface area contributed by atoms with Crippen LogP contribution < -0.4 is 0 Å². The Hall–Kier alpha value is -0.550. The Labute approximate surface area is 126 Å². The summed E-state index contributed by atoms with van der Waals surface area (Å²) >= 11 is 5.16. The number of halogens is 1. The first-order valence-corrected chi connectivity index (χ1v) is 8.45. The summed E-state index contributed by atoms with van der Waals surface area (Å²) in [5.74, 6) is 1.69. The van der Waals surface area contributed by atoms with E-state index in [0.717, 1.165) is 17.2 Å². The molecule has 104 valence electrons. The standard InChI is InChI=1S/C14H18BrNO2S/c1-10-3-2-4-12(7-10)19-9-11-5-6-13(15)14(8-11)16(17)18/h5-6,8,10,12H,2-4,7,9H2,1H3. The molecule has 0 radical (unpaired) electrons. The monoisotopic (exact) mass is 343 g/mol. The molecule has 2 unspecified atom stereocenters. The topological polar surface area (TPSA) is 43.1 Å². The highest BCUT2D eigenvalue weighted by Crippen LogP contribution is 2.34. The summed E-state index contributed by atoms with van der Waals surface area (Å²) in [5, 5.41) is 11.6. The summed E-state index contributed by atoms with van der Waals surface area (Å²) in [5.41, 5.74) is 1.20. The highest BCUT2D eigenvalue weighted by atomic mass is 79.9. The van der Waals surface area contributed by atoms with Gasteiger partial charge in [-0.15, -0.1) is 0 Å². The van der Waals surface area contributed by atoms with E-state index >= 15 is 0 Å². The molecule has 2 atom stereocenters. The Morgan fingerprint density at radius 1 is 1.47 bits per heavy atom. The third kappa shape index (κ3) is 4.21. The first-order valence-electron chi connectivity index (χ1n) is 6.60. The summed E-state index contributed by atoms with van der Waals surface area (Å²) in [6, 6.07) is 5.43. The molecule has 1 aromatic carbocycles. The number of nitrogens with zero attached hydrogens (tertiary/aromatic N) is 1. The first-order chi connectivity index (χ1) is 9.06. The highest BCUT2D eigenvalue weighted by Gasteiger charge is 2.19. The lowest BCUT2D eigenvalue weighted by Crippen LogP contribution is -2.15. The molecular weight excluding hydrogens is 326 g/mol. The fraction of sp³-hybridized carbons (Fsp3) is 0.571. The van der Waals surface area contributed by atoms with Gasteiger partial charge >= 0.3 is 0 Å². The minimum Gasteiger partial charge on any atom is -0.258 e. The van der Waals surface area contributed by atoms with Crippen molar-refractivity contribution in [2.45, 2.75) is 43.6 Å². The SMILES string of the molecule is CC1CCCC(SCc2ccc(Br)c([N+](=O)[O-])c2)C1. The largest absolute Gasteiger partial charge is 0.283 e. The maximum Gasteiger partial charge on any atom is 0.283 e. The van der Waals surface area contributed by atoms with Gasteiger partial charge in [0.15, 0.2) is 0 Å². The van der Waals surface area contributed by atoms with Gasteiger partial charge in [0.2, 0.25) is 0 Å². The van der Waals surface area contributed by atoms with Crippen LogP contribution in [0.15, 0.2) is 22.7 Å². The lowest BCUT2D eigenvalue weighted by molar-refractivity contribution is -0.385. The van der Waals surface area contributed by atoms with Gasteiger partial charge in [-0.1, -0.05) is 25.8 Å². The summed E-state index contributed by atoms with van der Waals surface area (Å²) < 4.78 is 0.553. The molecule has 1 fully saturated rings. The van der Waals surface area contributed by atoms with Crippen LogP contribution in [0.3, 0.4) is 0 Å². The number of benzene rings is 1. The van der Waals surface area contributed by atoms with Crippen LogP contribution in [0, 0.1) is 16.0 Å². The van der Waals surface area contributed by atoms with Gasteiger partial charge in [0, 0.05) is 17.1 Å². The molecule has 0 aromatic heterocycles. The first kappa shape index (κ1) is 14.9. The van der Waals surface area contributed by atoms with Gasteiger partial charge < -0.3 is 0 Å². The van der Waals surface area contributed by atoms with Gasteiger partial charge in [0.1, 0.15) is 0 Å². The van der Waals surface area contributed by atoms with E-state index in [4.69, 9.17) is 0 Å². The maximum absolute atomic E-state index is 10.9. The molecule has 0 bridgehead atoms. The highest BCUT2D eigenvalue weighted by molar-refractivity contribution is 9.10. The molecule has 5 heteroatoms. The molecule has 0 amide bonds. The average Bonchev–Trinajstić information content (AvgIpc) is 2.37. The Morgan fingerprint density at radius 3 is 2.95 bits per heavy atom. The average molecular weight is 344 g/mol. The summed E-state index contributed by atoms with van der Waals surface area (Å²) in [7, 11) is 0. The summed E-state index contributed by atoms with van der Waals surface area (Å²) in [4.78, 5) is 10.6. The van der Waals surface area contributed by atoms with Crippen molar-refractivity contribution in [3.63, 3.8) is 0 Å². The zero-order valence-electron chi connectivity index (χ0n) is 11.0. The summed E-state index contributed by atoms with van der Waals surface area (Å²) in [6.07, 6.45) is 5.23. The fourth-order valence-electron chi connectivity index (χ4n) is 2.53.